The van der Waals surface area contributed by atoms with Crippen LogP contribution >= 0.6 is 35.3 Å². The van der Waals surface area contributed by atoms with Crippen LogP contribution in [-0.4, -0.2) is 18.6 Å². The third-order valence-electron chi connectivity index (χ3n) is 3.73. The molecule has 1 aromatic heterocycles. The minimum absolute atomic E-state index is 0. The lowest BCUT2D eigenvalue weighted by Crippen LogP contribution is -2.36. The van der Waals surface area contributed by atoms with E-state index in [9.17, 15) is 0 Å². The molecule has 0 aliphatic rings. The van der Waals surface area contributed by atoms with E-state index >= 15 is 0 Å². The van der Waals surface area contributed by atoms with Gasteiger partial charge in [0.1, 0.15) is 0 Å². The van der Waals surface area contributed by atoms with Gasteiger partial charge in [0.05, 0.1) is 18.8 Å². The maximum atomic E-state index is 5.85. The van der Waals surface area contributed by atoms with Crippen LogP contribution in [-0.2, 0) is 24.4 Å². The molecular formula is C20H30IN3OS. The fourth-order valence-electron chi connectivity index (χ4n) is 2.28. The monoisotopic (exact) mass is 487 g/mol. The molecule has 2 N–H and O–H groups in total. The highest BCUT2D eigenvalue weighted by Gasteiger charge is 2.10. The first-order valence-corrected chi connectivity index (χ1v) is 9.44. The summed E-state index contributed by atoms with van der Waals surface area (Å²) in [5.74, 6) is 0.809. The van der Waals surface area contributed by atoms with Crippen LogP contribution in [0.15, 0.2) is 40.7 Å². The van der Waals surface area contributed by atoms with E-state index in [1.165, 1.54) is 21.6 Å². The number of thiophene rings is 1. The Kier molecular flexibility index (Phi) is 9.60. The molecule has 1 heterocycles. The Morgan fingerprint density at radius 1 is 1.12 bits per heavy atom. The predicted octanol–water partition coefficient (Wildman–Crippen LogP) is 4.85. The number of nitrogens with one attached hydrogen (secondary N) is 2. The molecule has 0 amide bonds. The van der Waals surface area contributed by atoms with Gasteiger partial charge in [-0.05, 0) is 55.8 Å². The largest absolute Gasteiger partial charge is 0.371 e. The third-order valence-corrected chi connectivity index (χ3v) is 4.75. The lowest BCUT2D eigenvalue weighted by Gasteiger charge is -2.19. The Morgan fingerprint density at radius 2 is 1.81 bits per heavy atom. The van der Waals surface area contributed by atoms with E-state index in [0.717, 1.165) is 19.0 Å². The summed E-state index contributed by atoms with van der Waals surface area (Å²) in [6.45, 7) is 10.5. The predicted molar refractivity (Wildman–Crippen MR) is 122 cm³/mol. The second-order valence-corrected chi connectivity index (χ2v) is 8.03. The molecule has 0 aliphatic carbocycles. The summed E-state index contributed by atoms with van der Waals surface area (Å²) >= 11 is 1.77. The molecule has 26 heavy (non-hydrogen) atoms. The Balaban J connectivity index is 0.00000338. The molecule has 0 unspecified atom stereocenters. The van der Waals surface area contributed by atoms with Crippen molar-refractivity contribution in [2.24, 2.45) is 4.99 Å². The van der Waals surface area contributed by atoms with E-state index < -0.39 is 0 Å². The molecule has 0 radical (unpaired) electrons. The zero-order chi connectivity index (χ0) is 18.3. The van der Waals surface area contributed by atoms with Crippen molar-refractivity contribution >= 4 is 41.3 Å². The van der Waals surface area contributed by atoms with Crippen LogP contribution in [0.1, 0.15) is 42.3 Å². The highest BCUT2D eigenvalue weighted by Crippen LogP contribution is 2.15. The van der Waals surface area contributed by atoms with Gasteiger partial charge >= 0.3 is 0 Å². The number of rotatable bonds is 6. The van der Waals surface area contributed by atoms with Crippen molar-refractivity contribution in [2.75, 3.05) is 7.05 Å². The van der Waals surface area contributed by atoms with Crippen molar-refractivity contribution in [1.82, 2.24) is 10.6 Å². The Hall–Kier alpha value is -1.12. The van der Waals surface area contributed by atoms with Crippen LogP contribution in [0.5, 0.6) is 0 Å². The number of benzene rings is 1. The number of hydrogen-bond acceptors (Lipinski definition) is 3. The molecule has 2 rings (SSSR count). The maximum Gasteiger partial charge on any atom is 0.191 e. The summed E-state index contributed by atoms with van der Waals surface area (Å²) in [5, 5.41) is 8.86. The minimum atomic E-state index is -0.125. The van der Waals surface area contributed by atoms with Gasteiger partial charge in [-0.25, -0.2) is 0 Å². The summed E-state index contributed by atoms with van der Waals surface area (Å²) < 4.78 is 5.85. The van der Waals surface area contributed by atoms with E-state index in [1.54, 1.807) is 18.4 Å². The van der Waals surface area contributed by atoms with E-state index in [0.29, 0.717) is 6.61 Å². The molecule has 0 saturated heterocycles. The summed E-state index contributed by atoms with van der Waals surface area (Å²) in [4.78, 5) is 5.63. The fraction of sp³-hybridized carbons (Fsp3) is 0.450. The molecule has 4 nitrogen and oxygen atoms in total. The van der Waals surface area contributed by atoms with E-state index in [1.807, 2.05) is 0 Å². The van der Waals surface area contributed by atoms with Crippen LogP contribution in [0.25, 0.3) is 0 Å². The lowest BCUT2D eigenvalue weighted by atomic mass is 10.1. The van der Waals surface area contributed by atoms with Crippen molar-refractivity contribution < 1.29 is 4.74 Å². The lowest BCUT2D eigenvalue weighted by molar-refractivity contribution is -0.0149. The SMILES string of the molecule is CN=C(NCc1cccc(COC(C)(C)C)c1)NCc1sccc1C.I. The van der Waals surface area contributed by atoms with Crippen molar-refractivity contribution in [1.29, 1.82) is 0 Å². The number of ether oxygens (including phenoxy) is 1. The second-order valence-electron chi connectivity index (χ2n) is 7.03. The van der Waals surface area contributed by atoms with Crippen LogP contribution in [0.3, 0.4) is 0 Å². The van der Waals surface area contributed by atoms with Gasteiger partial charge in [-0.1, -0.05) is 24.3 Å². The highest BCUT2D eigenvalue weighted by molar-refractivity contribution is 14.0. The first-order chi connectivity index (χ1) is 11.9. The molecule has 0 atom stereocenters. The molecule has 0 bridgehead atoms. The molecule has 0 spiro atoms. The van der Waals surface area contributed by atoms with Gasteiger partial charge in [-0.15, -0.1) is 35.3 Å². The Morgan fingerprint density at radius 3 is 2.42 bits per heavy atom. The van der Waals surface area contributed by atoms with Crippen molar-refractivity contribution in [3.05, 3.63) is 57.3 Å². The number of aryl methyl sites for hydroxylation is 1. The zero-order valence-corrected chi connectivity index (χ0v) is 19.4. The Bertz CT molecular complexity index is 707. The van der Waals surface area contributed by atoms with Crippen LogP contribution in [0.2, 0.25) is 0 Å². The normalized spacial score (nSPS) is 11.8. The van der Waals surface area contributed by atoms with Gasteiger partial charge in [-0.2, -0.15) is 0 Å². The van der Waals surface area contributed by atoms with Crippen LogP contribution < -0.4 is 10.6 Å². The van der Waals surface area contributed by atoms with Gasteiger partial charge in [-0.3, -0.25) is 4.99 Å². The topological polar surface area (TPSA) is 45.7 Å². The van der Waals surface area contributed by atoms with Gasteiger partial charge in [0.15, 0.2) is 5.96 Å². The zero-order valence-electron chi connectivity index (χ0n) is 16.3. The van der Waals surface area contributed by atoms with Crippen molar-refractivity contribution in [2.45, 2.75) is 53.0 Å². The summed E-state index contributed by atoms with van der Waals surface area (Å²) in [7, 11) is 1.80. The maximum absolute atomic E-state index is 5.85. The van der Waals surface area contributed by atoms with Gasteiger partial charge in [0.2, 0.25) is 0 Å². The molecule has 6 heteroatoms. The molecule has 0 fully saturated rings. The highest BCUT2D eigenvalue weighted by atomic mass is 127. The minimum Gasteiger partial charge on any atom is -0.371 e. The molecule has 2 aromatic rings. The van der Waals surface area contributed by atoms with Crippen LogP contribution in [0.4, 0.5) is 0 Å². The molecule has 1 aromatic carbocycles. The average molecular weight is 487 g/mol. The van der Waals surface area contributed by atoms with Crippen LogP contribution in [0, 0.1) is 6.92 Å². The van der Waals surface area contributed by atoms with Crippen molar-refractivity contribution in [3.8, 4) is 0 Å². The first-order valence-electron chi connectivity index (χ1n) is 8.56. The quantitative estimate of drug-likeness (QED) is 0.348. The number of halogens is 1. The summed E-state index contributed by atoms with van der Waals surface area (Å²) in [5.41, 5.74) is 3.59. The second kappa shape index (κ2) is 10.9. The number of hydrogen-bond donors (Lipinski definition) is 2. The average Bonchev–Trinajstić information content (AvgIpc) is 2.98. The van der Waals surface area contributed by atoms with Gasteiger partial charge < -0.3 is 15.4 Å². The summed E-state index contributed by atoms with van der Waals surface area (Å²) in [6.07, 6.45) is 0. The van der Waals surface area contributed by atoms with Gasteiger partial charge in [0, 0.05) is 18.5 Å². The molecule has 0 aliphatic heterocycles. The molecule has 0 saturated carbocycles. The smallest absolute Gasteiger partial charge is 0.191 e. The van der Waals surface area contributed by atoms with E-state index in [4.69, 9.17) is 4.74 Å². The van der Waals surface area contributed by atoms with Gasteiger partial charge in [0.25, 0.3) is 0 Å². The number of aliphatic imine (C=N–C) groups is 1. The third kappa shape index (κ3) is 8.05. The van der Waals surface area contributed by atoms with Crippen molar-refractivity contribution in [3.63, 3.8) is 0 Å². The first kappa shape index (κ1) is 22.9. The Labute approximate surface area is 178 Å². The van der Waals surface area contributed by atoms with E-state index in [2.05, 4.69) is 79.0 Å². The van der Waals surface area contributed by atoms with E-state index in [-0.39, 0.29) is 29.6 Å². The molecular weight excluding hydrogens is 457 g/mol. The summed E-state index contributed by atoms with van der Waals surface area (Å²) in [6, 6.07) is 10.6. The standard InChI is InChI=1S/C20H29N3OS.HI/c1-15-9-10-25-18(15)13-23-19(21-5)22-12-16-7-6-8-17(11-16)14-24-20(2,3)4;/h6-11H,12-14H2,1-5H3,(H2,21,22,23);1H. The number of nitrogens with zero attached hydrogens (tertiary/aromatic N) is 1. The fourth-order valence-corrected chi connectivity index (χ4v) is 3.13. The number of guanidine groups is 1. The molecule has 144 valence electrons.